The number of carbonyl (C=O) groups excluding carboxylic acids is 2. The second-order valence-corrected chi connectivity index (χ2v) is 18.8. The van der Waals surface area contributed by atoms with Crippen molar-refractivity contribution in [3.63, 3.8) is 0 Å². The fraction of sp³-hybridized carbons (Fsp3) is 0.852. The van der Waals surface area contributed by atoms with E-state index in [4.69, 9.17) is 13.9 Å². The first-order valence-corrected chi connectivity index (χ1v) is 15.8. The van der Waals surface area contributed by atoms with Gasteiger partial charge in [-0.25, -0.2) is 4.79 Å². The number of ether oxygens (including phenoxy) is 2. The van der Waals surface area contributed by atoms with Crippen molar-refractivity contribution in [1.82, 2.24) is 0 Å². The Morgan fingerprint density at radius 2 is 1.79 bits per heavy atom. The molecule has 2 spiro atoms. The number of hydrogen-bond acceptors (Lipinski definition) is 6. The lowest BCUT2D eigenvalue weighted by Crippen LogP contribution is -2.64. The summed E-state index contributed by atoms with van der Waals surface area (Å²) in [5, 5.41) is 11.5. The molecule has 1 aliphatic heterocycles. The maximum Gasteiger partial charge on any atom is 0.509 e. The highest BCUT2D eigenvalue weighted by Crippen LogP contribution is 2.74. The van der Waals surface area contributed by atoms with E-state index in [0.717, 1.165) is 6.42 Å². The number of ketones is 1. The van der Waals surface area contributed by atoms with E-state index in [-0.39, 0.29) is 39.9 Å². The molecule has 0 amide bonds. The molecule has 4 fully saturated rings. The molecule has 5 unspecified atom stereocenters. The molecule has 1 N–H and O–H groups in total. The molecule has 10 atom stereocenters. The average molecular weight is 491 g/mol. The molecule has 4 aliphatic carbocycles. The van der Waals surface area contributed by atoms with Crippen LogP contribution in [-0.4, -0.2) is 49.3 Å². The first-order chi connectivity index (χ1) is 15.4. The Morgan fingerprint density at radius 1 is 1.18 bits per heavy atom. The van der Waals surface area contributed by atoms with Gasteiger partial charge in [0.05, 0.1) is 11.5 Å². The molecule has 7 heteroatoms. The van der Waals surface area contributed by atoms with Gasteiger partial charge in [0.15, 0.2) is 25.8 Å². The summed E-state index contributed by atoms with van der Waals surface area (Å²) in [5.41, 5.74) is -1.81. The van der Waals surface area contributed by atoms with Gasteiger partial charge in [-0.2, -0.15) is 0 Å². The molecular weight excluding hydrogens is 448 g/mol. The number of Topliss-reactive ketones (excluding diaryl/α,β-unsaturated/α-hetero) is 1. The van der Waals surface area contributed by atoms with Crippen LogP contribution in [0.25, 0.3) is 0 Å². The van der Waals surface area contributed by atoms with Gasteiger partial charge in [0.1, 0.15) is 6.10 Å². The maximum absolute atomic E-state index is 14.9. The Labute approximate surface area is 204 Å². The van der Waals surface area contributed by atoms with Crippen LogP contribution < -0.4 is 0 Å². The summed E-state index contributed by atoms with van der Waals surface area (Å²) in [4.78, 5) is 27.7. The molecule has 1 heterocycles. The van der Waals surface area contributed by atoms with Crippen LogP contribution in [-0.2, 0) is 18.7 Å². The highest BCUT2D eigenvalue weighted by atomic mass is 28.4. The van der Waals surface area contributed by atoms with E-state index in [0.29, 0.717) is 11.5 Å². The van der Waals surface area contributed by atoms with Crippen molar-refractivity contribution in [2.45, 2.75) is 104 Å². The summed E-state index contributed by atoms with van der Waals surface area (Å²) in [6.45, 7) is 21.5. The van der Waals surface area contributed by atoms with E-state index in [1.807, 2.05) is 19.9 Å². The molecule has 5 aliphatic rings. The van der Waals surface area contributed by atoms with Gasteiger partial charge in [-0.15, -0.1) is 0 Å². The molecule has 0 aromatic rings. The molecule has 3 saturated carbocycles. The normalized spacial score (nSPS) is 49.1. The highest BCUT2D eigenvalue weighted by Gasteiger charge is 2.82. The molecule has 0 radical (unpaired) electrons. The quantitative estimate of drug-likeness (QED) is 0.329. The number of aliphatic hydroxyl groups is 1. The summed E-state index contributed by atoms with van der Waals surface area (Å²) >= 11 is 0. The van der Waals surface area contributed by atoms with Crippen LogP contribution in [0.15, 0.2) is 11.6 Å². The second-order valence-electron chi connectivity index (χ2n) is 14.0. The number of rotatable bonds is 2. The third-order valence-corrected chi connectivity index (χ3v) is 15.5. The Bertz CT molecular complexity index is 978. The predicted octanol–water partition coefficient (Wildman–Crippen LogP) is 5.11. The second kappa shape index (κ2) is 6.77. The van der Waals surface area contributed by atoms with Crippen LogP contribution in [0, 0.1) is 40.4 Å². The molecule has 2 bridgehead atoms. The number of carbonyl (C=O) groups is 2. The highest BCUT2D eigenvalue weighted by molar-refractivity contribution is 6.74. The zero-order chi connectivity index (χ0) is 25.4. The monoisotopic (exact) mass is 490 g/mol. The predicted molar refractivity (Wildman–Crippen MR) is 131 cm³/mol. The molecule has 5 rings (SSSR count). The number of fused-ring (bicyclic) bond motifs is 3. The Hall–Kier alpha value is -1.18. The molecule has 1 saturated heterocycles. The summed E-state index contributed by atoms with van der Waals surface area (Å²) in [6.07, 6.45) is -0.235. The lowest BCUT2D eigenvalue weighted by atomic mass is 9.59. The largest absolute Gasteiger partial charge is 0.509 e. The third kappa shape index (κ3) is 2.64. The van der Waals surface area contributed by atoms with Gasteiger partial charge < -0.3 is 19.0 Å². The molecule has 6 nitrogen and oxygen atoms in total. The van der Waals surface area contributed by atoms with Gasteiger partial charge in [-0.3, -0.25) is 4.79 Å². The molecule has 190 valence electrons. The molecule has 0 aromatic carbocycles. The zero-order valence-corrected chi connectivity index (χ0v) is 23.4. The summed E-state index contributed by atoms with van der Waals surface area (Å²) in [6, 6.07) is 0. The van der Waals surface area contributed by atoms with Crippen molar-refractivity contribution in [2.24, 2.45) is 40.4 Å². The van der Waals surface area contributed by atoms with Gasteiger partial charge in [-0.1, -0.05) is 54.5 Å². The van der Waals surface area contributed by atoms with E-state index in [2.05, 4.69) is 54.6 Å². The van der Waals surface area contributed by atoms with Crippen molar-refractivity contribution in [3.05, 3.63) is 11.6 Å². The third-order valence-electron chi connectivity index (χ3n) is 11.0. The Kier molecular flexibility index (Phi) is 4.88. The van der Waals surface area contributed by atoms with Crippen molar-refractivity contribution < 1.29 is 28.6 Å². The maximum atomic E-state index is 14.9. The minimum absolute atomic E-state index is 0.0390. The first kappa shape index (κ1) is 24.5. The van der Waals surface area contributed by atoms with Crippen molar-refractivity contribution >= 4 is 20.3 Å². The van der Waals surface area contributed by atoms with Crippen molar-refractivity contribution in [2.75, 3.05) is 0 Å². The van der Waals surface area contributed by atoms with Gasteiger partial charge in [0.2, 0.25) is 0 Å². The summed E-state index contributed by atoms with van der Waals surface area (Å²) in [7, 11) is -2.28. The molecule has 0 aromatic heterocycles. The minimum Gasteiger partial charge on any atom is -0.426 e. The van der Waals surface area contributed by atoms with Gasteiger partial charge in [0.25, 0.3) is 0 Å². The van der Waals surface area contributed by atoms with E-state index in [9.17, 15) is 14.7 Å². The molecule has 34 heavy (non-hydrogen) atoms. The summed E-state index contributed by atoms with van der Waals surface area (Å²) < 4.78 is 19.0. The fourth-order valence-corrected chi connectivity index (χ4v) is 9.49. The lowest BCUT2D eigenvalue weighted by molar-refractivity contribution is -0.163. The van der Waals surface area contributed by atoms with E-state index >= 15 is 0 Å². The van der Waals surface area contributed by atoms with Gasteiger partial charge in [0, 0.05) is 11.8 Å². The van der Waals surface area contributed by atoms with Crippen molar-refractivity contribution in [3.8, 4) is 0 Å². The Balaban J connectivity index is 1.76. The topological polar surface area (TPSA) is 82.1 Å². The van der Waals surface area contributed by atoms with E-state index in [1.54, 1.807) is 0 Å². The van der Waals surface area contributed by atoms with Gasteiger partial charge in [-0.05, 0) is 60.2 Å². The number of hydrogen-bond donors (Lipinski definition) is 1. The smallest absolute Gasteiger partial charge is 0.426 e. The summed E-state index contributed by atoms with van der Waals surface area (Å²) in [5.74, 6) is -0.0443. The standard InChI is InChI=1S/C27H42O6Si/c1-13-12-26-14(2)11-16-18(25(16,7)8)17(21(26)29)19(33-34(9,10)24(4,5)6)15(3)22-27(26,20(13)28)32-23(30)31-22/h12,14-20,22,28H,11H2,1-10H3/t14-,15+,16?,17?,18?,19-,20?,22-,26?,27-/m1/s1. The lowest BCUT2D eigenvalue weighted by Gasteiger charge is -2.46. The van der Waals surface area contributed by atoms with Crippen LogP contribution in [0.2, 0.25) is 18.1 Å². The van der Waals surface area contributed by atoms with Crippen LogP contribution in [0.4, 0.5) is 4.79 Å². The number of aliphatic hydroxyl groups excluding tert-OH is 1. The van der Waals surface area contributed by atoms with Crippen LogP contribution in [0.3, 0.4) is 0 Å². The zero-order valence-electron chi connectivity index (χ0n) is 22.4. The van der Waals surface area contributed by atoms with E-state index in [1.165, 1.54) is 0 Å². The van der Waals surface area contributed by atoms with E-state index < -0.39 is 43.8 Å². The van der Waals surface area contributed by atoms with Crippen LogP contribution >= 0.6 is 0 Å². The van der Waals surface area contributed by atoms with Crippen LogP contribution in [0.5, 0.6) is 0 Å². The van der Waals surface area contributed by atoms with Crippen LogP contribution in [0.1, 0.15) is 61.8 Å². The SMILES string of the molecule is CC1=CC23C(=O)C(C4C(C[C@H]2C)C4(C)C)[C@H](O[Si](C)(C)C(C)(C)C)[C@H](C)[C@H]2OC(=O)O[C@]23C1O. The van der Waals surface area contributed by atoms with Gasteiger partial charge >= 0.3 is 6.16 Å². The first-order valence-electron chi connectivity index (χ1n) is 12.9. The fourth-order valence-electron chi connectivity index (χ4n) is 8.10. The minimum atomic E-state index is -2.28. The molecular formula is C27H42O6Si. The average Bonchev–Trinajstić information content (AvgIpc) is 3.00. The Morgan fingerprint density at radius 3 is 2.38 bits per heavy atom. The van der Waals surface area contributed by atoms with Crippen molar-refractivity contribution in [1.29, 1.82) is 0 Å².